The summed E-state index contributed by atoms with van der Waals surface area (Å²) in [5, 5.41) is 2.59. The van der Waals surface area contributed by atoms with E-state index in [4.69, 9.17) is 5.73 Å². The van der Waals surface area contributed by atoms with Crippen molar-refractivity contribution in [2.45, 2.75) is 6.92 Å². The SMILES string of the molecule is Cc1ccc(NC(=O)c2ccc(F)cc2N)nc1. The largest absolute Gasteiger partial charge is 0.398 e. The van der Waals surface area contributed by atoms with Gasteiger partial charge in [-0.25, -0.2) is 9.37 Å². The van der Waals surface area contributed by atoms with Crippen molar-refractivity contribution in [3.63, 3.8) is 0 Å². The van der Waals surface area contributed by atoms with E-state index in [1.165, 1.54) is 12.1 Å². The number of hydrogen-bond acceptors (Lipinski definition) is 3. The molecule has 0 spiro atoms. The minimum absolute atomic E-state index is 0.0969. The second-order valence-corrected chi connectivity index (χ2v) is 3.91. The van der Waals surface area contributed by atoms with Gasteiger partial charge in [0.05, 0.1) is 5.56 Å². The Bertz CT molecular complexity index is 581. The van der Waals surface area contributed by atoms with E-state index in [0.29, 0.717) is 5.82 Å². The lowest BCUT2D eigenvalue weighted by Gasteiger charge is -2.07. The fourth-order valence-electron chi connectivity index (χ4n) is 1.47. The second-order valence-electron chi connectivity index (χ2n) is 3.91. The predicted molar refractivity (Wildman–Crippen MR) is 67.7 cm³/mol. The Kier molecular flexibility index (Phi) is 3.23. The average Bonchev–Trinajstić information content (AvgIpc) is 2.32. The Balaban J connectivity index is 2.19. The minimum atomic E-state index is -0.475. The molecule has 0 atom stereocenters. The molecular weight excluding hydrogens is 233 g/mol. The van der Waals surface area contributed by atoms with E-state index in [2.05, 4.69) is 10.3 Å². The molecule has 0 aliphatic heterocycles. The highest BCUT2D eigenvalue weighted by Crippen LogP contribution is 2.15. The van der Waals surface area contributed by atoms with E-state index in [1.54, 1.807) is 12.3 Å². The number of carbonyl (C=O) groups excluding carboxylic acids is 1. The summed E-state index contributed by atoms with van der Waals surface area (Å²) in [6, 6.07) is 7.16. The van der Waals surface area contributed by atoms with Crippen molar-refractivity contribution < 1.29 is 9.18 Å². The molecule has 0 bridgehead atoms. The number of nitrogens with two attached hydrogens (primary N) is 1. The number of nitrogen functional groups attached to an aromatic ring is 1. The molecule has 0 radical (unpaired) electrons. The molecule has 1 heterocycles. The third kappa shape index (κ3) is 2.63. The van der Waals surface area contributed by atoms with Crippen molar-refractivity contribution in [2.75, 3.05) is 11.1 Å². The first-order valence-electron chi connectivity index (χ1n) is 5.35. The fraction of sp³-hybridized carbons (Fsp3) is 0.0769. The predicted octanol–water partition coefficient (Wildman–Crippen LogP) is 2.36. The summed E-state index contributed by atoms with van der Waals surface area (Å²) in [5.41, 5.74) is 6.89. The van der Waals surface area contributed by atoms with Gasteiger partial charge in [-0.3, -0.25) is 4.79 Å². The number of hydrogen-bond donors (Lipinski definition) is 2. The van der Waals surface area contributed by atoms with E-state index in [1.807, 2.05) is 13.0 Å². The number of carbonyl (C=O) groups is 1. The molecule has 92 valence electrons. The first kappa shape index (κ1) is 12.0. The van der Waals surface area contributed by atoms with Gasteiger partial charge in [0.2, 0.25) is 0 Å². The number of amides is 1. The molecule has 2 aromatic rings. The minimum Gasteiger partial charge on any atom is -0.398 e. The first-order chi connectivity index (χ1) is 8.56. The highest BCUT2D eigenvalue weighted by molar-refractivity contribution is 6.07. The summed E-state index contributed by atoms with van der Waals surface area (Å²) in [4.78, 5) is 15.9. The molecule has 2 rings (SSSR count). The van der Waals surface area contributed by atoms with Crippen LogP contribution in [0, 0.1) is 12.7 Å². The number of halogens is 1. The highest BCUT2D eigenvalue weighted by Gasteiger charge is 2.10. The van der Waals surface area contributed by atoms with Crippen molar-refractivity contribution in [1.82, 2.24) is 4.98 Å². The van der Waals surface area contributed by atoms with Gasteiger partial charge in [0.1, 0.15) is 11.6 Å². The number of rotatable bonds is 2. The van der Waals surface area contributed by atoms with Crippen LogP contribution in [0.15, 0.2) is 36.5 Å². The standard InChI is InChI=1S/C13H12FN3O/c1-8-2-5-12(16-7-8)17-13(18)10-4-3-9(14)6-11(10)15/h2-7H,15H2,1H3,(H,16,17,18). The summed E-state index contributed by atoms with van der Waals surface area (Å²) in [6.07, 6.45) is 1.64. The maximum Gasteiger partial charge on any atom is 0.258 e. The molecule has 0 saturated carbocycles. The van der Waals surface area contributed by atoms with Gasteiger partial charge >= 0.3 is 0 Å². The number of aryl methyl sites for hydroxylation is 1. The van der Waals surface area contributed by atoms with Crippen LogP contribution in [-0.2, 0) is 0 Å². The zero-order valence-corrected chi connectivity index (χ0v) is 9.77. The number of benzene rings is 1. The zero-order chi connectivity index (χ0) is 13.1. The third-order valence-corrected chi connectivity index (χ3v) is 2.41. The molecule has 1 aromatic carbocycles. The van der Waals surface area contributed by atoms with Crippen LogP contribution in [0.1, 0.15) is 15.9 Å². The topological polar surface area (TPSA) is 68.0 Å². The van der Waals surface area contributed by atoms with E-state index in [-0.39, 0.29) is 11.3 Å². The molecule has 0 saturated heterocycles. The normalized spacial score (nSPS) is 10.1. The zero-order valence-electron chi connectivity index (χ0n) is 9.77. The van der Waals surface area contributed by atoms with Crippen LogP contribution in [0.2, 0.25) is 0 Å². The second kappa shape index (κ2) is 4.83. The molecule has 0 aliphatic rings. The maximum atomic E-state index is 12.9. The molecule has 4 nitrogen and oxygen atoms in total. The van der Waals surface area contributed by atoms with E-state index in [9.17, 15) is 9.18 Å². The van der Waals surface area contributed by atoms with Gasteiger partial charge in [0.15, 0.2) is 0 Å². The van der Waals surface area contributed by atoms with Gasteiger partial charge in [-0.05, 0) is 36.8 Å². The lowest BCUT2D eigenvalue weighted by atomic mass is 10.1. The number of anilines is 2. The van der Waals surface area contributed by atoms with Crippen LogP contribution < -0.4 is 11.1 Å². The molecule has 0 unspecified atom stereocenters. The molecule has 1 aromatic heterocycles. The van der Waals surface area contributed by atoms with Crippen molar-refractivity contribution in [2.24, 2.45) is 0 Å². The van der Waals surface area contributed by atoms with Crippen LogP contribution in [0.25, 0.3) is 0 Å². The van der Waals surface area contributed by atoms with E-state index < -0.39 is 11.7 Å². The first-order valence-corrected chi connectivity index (χ1v) is 5.35. The summed E-state index contributed by atoms with van der Waals surface area (Å²) in [5.74, 6) is -0.462. The summed E-state index contributed by atoms with van der Waals surface area (Å²) < 4.78 is 12.9. The van der Waals surface area contributed by atoms with Crippen molar-refractivity contribution in [3.8, 4) is 0 Å². The Morgan fingerprint density at radius 1 is 1.33 bits per heavy atom. The summed E-state index contributed by atoms with van der Waals surface area (Å²) >= 11 is 0. The van der Waals surface area contributed by atoms with Crippen LogP contribution in [0.5, 0.6) is 0 Å². The van der Waals surface area contributed by atoms with Crippen LogP contribution in [-0.4, -0.2) is 10.9 Å². The Labute approximate surface area is 104 Å². The van der Waals surface area contributed by atoms with E-state index >= 15 is 0 Å². The average molecular weight is 245 g/mol. The number of nitrogens with one attached hydrogen (secondary N) is 1. The Morgan fingerprint density at radius 2 is 2.11 bits per heavy atom. The Morgan fingerprint density at radius 3 is 2.72 bits per heavy atom. The molecule has 5 heteroatoms. The quantitative estimate of drug-likeness (QED) is 0.798. The van der Waals surface area contributed by atoms with Crippen molar-refractivity contribution in [1.29, 1.82) is 0 Å². The summed E-state index contributed by atoms with van der Waals surface area (Å²) in [6.45, 7) is 1.90. The molecular formula is C13H12FN3O. The van der Waals surface area contributed by atoms with Gasteiger partial charge in [-0.1, -0.05) is 6.07 Å². The third-order valence-electron chi connectivity index (χ3n) is 2.41. The van der Waals surface area contributed by atoms with Gasteiger partial charge < -0.3 is 11.1 Å². The lowest BCUT2D eigenvalue weighted by molar-refractivity contribution is 0.102. The maximum absolute atomic E-state index is 12.9. The molecule has 18 heavy (non-hydrogen) atoms. The van der Waals surface area contributed by atoms with Gasteiger partial charge in [-0.2, -0.15) is 0 Å². The highest BCUT2D eigenvalue weighted by atomic mass is 19.1. The monoisotopic (exact) mass is 245 g/mol. The Hall–Kier alpha value is -2.43. The van der Waals surface area contributed by atoms with Crippen LogP contribution in [0.3, 0.4) is 0 Å². The van der Waals surface area contributed by atoms with Crippen LogP contribution >= 0.6 is 0 Å². The van der Waals surface area contributed by atoms with Gasteiger partial charge in [0.25, 0.3) is 5.91 Å². The van der Waals surface area contributed by atoms with Crippen molar-refractivity contribution in [3.05, 3.63) is 53.5 Å². The number of pyridine rings is 1. The molecule has 1 amide bonds. The van der Waals surface area contributed by atoms with Crippen LogP contribution in [0.4, 0.5) is 15.9 Å². The molecule has 0 fully saturated rings. The smallest absolute Gasteiger partial charge is 0.258 e. The van der Waals surface area contributed by atoms with Gasteiger partial charge in [0, 0.05) is 11.9 Å². The summed E-state index contributed by atoms with van der Waals surface area (Å²) in [7, 11) is 0. The molecule has 3 N–H and O–H groups in total. The van der Waals surface area contributed by atoms with Crippen molar-refractivity contribution >= 4 is 17.4 Å². The number of nitrogens with zero attached hydrogens (tertiary/aromatic N) is 1. The fourth-order valence-corrected chi connectivity index (χ4v) is 1.47. The number of aromatic nitrogens is 1. The lowest BCUT2D eigenvalue weighted by Crippen LogP contribution is -2.15. The van der Waals surface area contributed by atoms with Gasteiger partial charge in [-0.15, -0.1) is 0 Å². The molecule has 0 aliphatic carbocycles. The van der Waals surface area contributed by atoms with E-state index in [0.717, 1.165) is 11.6 Å².